The Morgan fingerprint density at radius 2 is 1.97 bits per heavy atom. The number of rotatable bonds is 5. The van der Waals surface area contributed by atoms with Gasteiger partial charge in [-0.1, -0.05) is 41.6 Å². The summed E-state index contributed by atoms with van der Waals surface area (Å²) in [5, 5.41) is 0. The van der Waals surface area contributed by atoms with Gasteiger partial charge in [0.05, 0.1) is 17.6 Å². The van der Waals surface area contributed by atoms with Gasteiger partial charge in [0, 0.05) is 17.4 Å². The summed E-state index contributed by atoms with van der Waals surface area (Å²) in [5.74, 6) is 1.12. The zero-order valence-corrected chi connectivity index (χ0v) is 22.0. The van der Waals surface area contributed by atoms with Crippen molar-refractivity contribution < 1.29 is 28.2 Å². The molecule has 9 heteroatoms. The van der Waals surface area contributed by atoms with Crippen molar-refractivity contribution in [1.29, 1.82) is 0 Å². The second-order valence-electron chi connectivity index (χ2n) is 9.29. The van der Waals surface area contributed by atoms with Crippen LogP contribution in [0.5, 0.6) is 11.5 Å². The molecule has 194 valence electrons. The Morgan fingerprint density at radius 1 is 1.13 bits per heavy atom. The predicted molar refractivity (Wildman–Crippen MR) is 144 cm³/mol. The molecule has 1 amide bonds. The molecule has 0 spiro atoms. The summed E-state index contributed by atoms with van der Waals surface area (Å²) in [6, 6.07) is 16.7. The van der Waals surface area contributed by atoms with Crippen LogP contribution in [0.2, 0.25) is 0 Å². The van der Waals surface area contributed by atoms with Crippen molar-refractivity contribution in [2.24, 2.45) is 10.9 Å². The van der Waals surface area contributed by atoms with Crippen LogP contribution in [0.25, 0.3) is 17.4 Å². The van der Waals surface area contributed by atoms with E-state index >= 15 is 0 Å². The smallest absolute Gasteiger partial charge is 0.317 e. The first-order chi connectivity index (χ1) is 18.4. The lowest BCUT2D eigenvalue weighted by atomic mass is 9.86. The normalized spacial score (nSPS) is 23.0. The van der Waals surface area contributed by atoms with E-state index in [9.17, 15) is 9.59 Å². The maximum Gasteiger partial charge on any atom is 0.317 e. The van der Waals surface area contributed by atoms with E-state index < -0.39 is 23.4 Å². The van der Waals surface area contributed by atoms with Crippen LogP contribution in [0.3, 0.4) is 0 Å². The highest BCUT2D eigenvalue weighted by Crippen LogP contribution is 2.49. The molecule has 0 aliphatic carbocycles. The van der Waals surface area contributed by atoms with Gasteiger partial charge in [0.1, 0.15) is 17.4 Å². The van der Waals surface area contributed by atoms with Crippen LogP contribution in [0.15, 0.2) is 68.9 Å². The third-order valence-corrected chi connectivity index (χ3v) is 7.87. The molecule has 3 aliphatic heterocycles. The molecule has 4 heterocycles. The molecule has 38 heavy (non-hydrogen) atoms. The zero-order valence-electron chi connectivity index (χ0n) is 21.2. The Labute approximate surface area is 224 Å². The van der Waals surface area contributed by atoms with Gasteiger partial charge in [-0.05, 0) is 56.7 Å². The molecule has 8 nitrogen and oxygen atoms in total. The first-order valence-electron chi connectivity index (χ1n) is 12.4. The molecule has 6 rings (SSSR count). The number of nitrogens with zero attached hydrogens (tertiary/aromatic N) is 2. The van der Waals surface area contributed by atoms with Crippen LogP contribution in [-0.4, -0.2) is 41.4 Å². The number of benzene rings is 2. The molecule has 3 unspecified atom stereocenters. The van der Waals surface area contributed by atoms with Crippen LogP contribution in [0, 0.1) is 12.8 Å². The summed E-state index contributed by atoms with van der Waals surface area (Å²) in [6.45, 7) is 5.97. The topological polar surface area (TPSA) is 90.6 Å². The summed E-state index contributed by atoms with van der Waals surface area (Å²) in [4.78, 5) is 33.8. The molecule has 1 fully saturated rings. The van der Waals surface area contributed by atoms with Crippen LogP contribution in [-0.2, 0) is 14.3 Å². The lowest BCUT2D eigenvalue weighted by Gasteiger charge is -2.39. The lowest BCUT2D eigenvalue weighted by molar-refractivity contribution is -0.149. The fourth-order valence-electron chi connectivity index (χ4n) is 5.03. The molecular weight excluding hydrogens is 504 g/mol. The van der Waals surface area contributed by atoms with Crippen molar-refractivity contribution in [2.75, 3.05) is 13.4 Å². The van der Waals surface area contributed by atoms with E-state index in [1.807, 2.05) is 56.3 Å². The molecule has 2 aromatic carbocycles. The molecule has 0 saturated carbocycles. The van der Waals surface area contributed by atoms with Gasteiger partial charge in [0.2, 0.25) is 6.79 Å². The van der Waals surface area contributed by atoms with Crippen LogP contribution >= 0.6 is 11.8 Å². The Hall–Kier alpha value is -3.98. The van der Waals surface area contributed by atoms with E-state index in [-0.39, 0.29) is 19.3 Å². The zero-order chi connectivity index (χ0) is 26.4. The number of aliphatic imine (C=N–C) groups is 1. The number of hydrogen-bond acceptors (Lipinski definition) is 8. The molecular formula is C29H26N2O6S. The largest absolute Gasteiger partial charge is 0.465 e. The predicted octanol–water partition coefficient (Wildman–Crippen LogP) is 5.58. The van der Waals surface area contributed by atoms with E-state index in [4.69, 9.17) is 23.6 Å². The van der Waals surface area contributed by atoms with Crippen molar-refractivity contribution in [2.45, 2.75) is 32.3 Å². The van der Waals surface area contributed by atoms with Gasteiger partial charge in [-0.2, -0.15) is 0 Å². The lowest BCUT2D eigenvalue weighted by Crippen LogP contribution is -2.48. The van der Waals surface area contributed by atoms with Crippen molar-refractivity contribution in [3.63, 3.8) is 0 Å². The number of carbonyl (C=O) groups excluding carboxylic acids is 2. The number of carbonyl (C=O) groups is 2. The highest BCUT2D eigenvalue weighted by molar-refractivity contribution is 8.05. The van der Waals surface area contributed by atoms with E-state index in [0.29, 0.717) is 27.9 Å². The SMILES string of the molecule is CCOC(=O)C1C(C)=NC2SC(=Cc3ccc(-c4cccc(C)c4)o3)C(=O)N2C1c1ccc2c(c1)OCO2. The number of fused-ring (bicyclic) bond motifs is 2. The number of thioether (sulfide) groups is 1. The second-order valence-corrected chi connectivity index (χ2v) is 10.4. The molecule has 3 aliphatic rings. The number of aryl methyl sites for hydroxylation is 1. The van der Waals surface area contributed by atoms with Crippen molar-refractivity contribution in [3.8, 4) is 22.8 Å². The summed E-state index contributed by atoms with van der Waals surface area (Å²) in [5.41, 5.74) is 2.96. The maximum atomic E-state index is 13.8. The Kier molecular flexibility index (Phi) is 6.23. The fraction of sp³-hybridized carbons (Fsp3) is 0.276. The molecule has 1 aromatic heterocycles. The minimum Gasteiger partial charge on any atom is -0.465 e. The van der Waals surface area contributed by atoms with E-state index in [2.05, 4.69) is 6.07 Å². The Balaban J connectivity index is 1.36. The average molecular weight is 531 g/mol. The molecule has 3 atom stereocenters. The van der Waals surface area contributed by atoms with Crippen LogP contribution < -0.4 is 9.47 Å². The van der Waals surface area contributed by atoms with Gasteiger partial charge in [-0.25, -0.2) is 0 Å². The number of esters is 1. The minimum absolute atomic E-state index is 0.132. The monoisotopic (exact) mass is 530 g/mol. The van der Waals surface area contributed by atoms with Gasteiger partial charge in [-0.15, -0.1) is 0 Å². The number of hydrogen-bond donors (Lipinski definition) is 0. The van der Waals surface area contributed by atoms with Crippen LogP contribution in [0.4, 0.5) is 0 Å². The van der Waals surface area contributed by atoms with Gasteiger partial charge in [-0.3, -0.25) is 19.5 Å². The van der Waals surface area contributed by atoms with Gasteiger partial charge < -0.3 is 18.6 Å². The van der Waals surface area contributed by atoms with Gasteiger partial charge in [0.25, 0.3) is 5.91 Å². The standard InChI is InChI=1S/C29H26N2O6S/c1-4-34-28(33)25-17(3)30-29-31(26(25)19-8-10-22-23(13-19)36-15-35-22)27(32)24(38-29)14-20-9-11-21(37-20)18-7-5-6-16(2)12-18/h5-14,25-26,29H,4,15H2,1-3H3. The second kappa shape index (κ2) is 9.72. The van der Waals surface area contributed by atoms with E-state index in [1.54, 1.807) is 24.0 Å². The number of ether oxygens (including phenoxy) is 3. The summed E-state index contributed by atoms with van der Waals surface area (Å²) < 4.78 is 22.5. The maximum absolute atomic E-state index is 13.8. The Bertz CT molecular complexity index is 1490. The van der Waals surface area contributed by atoms with Crippen molar-refractivity contribution in [3.05, 3.63) is 76.4 Å². The summed E-state index contributed by atoms with van der Waals surface area (Å²) in [7, 11) is 0. The van der Waals surface area contributed by atoms with Crippen LogP contribution in [0.1, 0.15) is 36.8 Å². The highest BCUT2D eigenvalue weighted by atomic mass is 32.2. The first-order valence-corrected chi connectivity index (χ1v) is 13.3. The van der Waals surface area contributed by atoms with Crippen molar-refractivity contribution in [1.82, 2.24) is 4.90 Å². The number of furan rings is 1. The Morgan fingerprint density at radius 3 is 2.79 bits per heavy atom. The molecule has 0 bridgehead atoms. The third kappa shape index (κ3) is 4.26. The minimum atomic E-state index is -0.744. The first kappa shape index (κ1) is 24.4. The number of amides is 1. The van der Waals surface area contributed by atoms with Gasteiger partial charge >= 0.3 is 5.97 Å². The third-order valence-electron chi connectivity index (χ3n) is 6.78. The highest BCUT2D eigenvalue weighted by Gasteiger charge is 2.50. The van der Waals surface area contributed by atoms with Gasteiger partial charge in [0.15, 0.2) is 17.0 Å². The fourth-order valence-corrected chi connectivity index (χ4v) is 6.21. The molecule has 0 radical (unpaired) electrons. The summed E-state index contributed by atoms with van der Waals surface area (Å²) in [6.07, 6.45) is 1.74. The van der Waals surface area contributed by atoms with E-state index in [0.717, 1.165) is 22.5 Å². The molecule has 0 N–H and O–H groups in total. The average Bonchev–Trinajstić information content (AvgIpc) is 3.63. The summed E-state index contributed by atoms with van der Waals surface area (Å²) >= 11 is 1.34. The molecule has 3 aromatic rings. The quantitative estimate of drug-likeness (QED) is 0.314. The molecule has 1 saturated heterocycles. The van der Waals surface area contributed by atoms with E-state index in [1.165, 1.54) is 11.8 Å². The van der Waals surface area contributed by atoms with Crippen molar-refractivity contribution >= 4 is 35.4 Å².